The number of amides is 2. The summed E-state index contributed by atoms with van der Waals surface area (Å²) in [4.78, 5) is 28.1. The second-order valence-electron chi connectivity index (χ2n) is 6.67. The molecule has 0 bridgehead atoms. The van der Waals surface area contributed by atoms with Crippen molar-refractivity contribution < 1.29 is 14.3 Å². The van der Waals surface area contributed by atoms with Crippen molar-refractivity contribution in [2.45, 2.75) is 20.8 Å². The predicted octanol–water partition coefficient (Wildman–Crippen LogP) is 3.91. The second-order valence-corrected chi connectivity index (χ2v) is 7.62. The van der Waals surface area contributed by atoms with Gasteiger partial charge in [-0.3, -0.25) is 14.5 Å². The number of hydrogen-bond acceptors (Lipinski definition) is 5. The van der Waals surface area contributed by atoms with E-state index in [2.05, 4.69) is 5.32 Å². The zero-order valence-electron chi connectivity index (χ0n) is 15.3. The van der Waals surface area contributed by atoms with Crippen molar-refractivity contribution in [3.63, 3.8) is 0 Å². The van der Waals surface area contributed by atoms with Gasteiger partial charge in [-0.05, 0) is 42.0 Å². The summed E-state index contributed by atoms with van der Waals surface area (Å²) in [7, 11) is 1.58. The van der Waals surface area contributed by atoms with Crippen LogP contribution in [-0.2, 0) is 9.59 Å². The summed E-state index contributed by atoms with van der Waals surface area (Å²) < 4.78 is 5.40. The lowest BCUT2D eigenvalue weighted by molar-refractivity contribution is -0.137. The Kier molecular flexibility index (Phi) is 5.13. The summed E-state index contributed by atoms with van der Waals surface area (Å²) in [6.45, 7) is 6.33. The minimum absolute atomic E-state index is 0.195. The van der Waals surface area contributed by atoms with Gasteiger partial charge in [0.25, 0.3) is 11.8 Å². The third kappa shape index (κ3) is 3.37. The van der Waals surface area contributed by atoms with Crippen molar-refractivity contribution in [2.75, 3.05) is 19.0 Å². The van der Waals surface area contributed by atoms with Gasteiger partial charge in [-0.15, -0.1) is 11.3 Å². The summed E-state index contributed by atoms with van der Waals surface area (Å²) in [5, 5.41) is 5.07. The molecule has 0 atom stereocenters. The van der Waals surface area contributed by atoms with E-state index in [1.54, 1.807) is 7.11 Å². The van der Waals surface area contributed by atoms with Gasteiger partial charge in [0.1, 0.15) is 11.4 Å². The highest BCUT2D eigenvalue weighted by Gasteiger charge is 2.40. The molecule has 2 aromatic rings. The van der Waals surface area contributed by atoms with Crippen LogP contribution in [0, 0.1) is 12.8 Å². The fourth-order valence-corrected chi connectivity index (χ4v) is 3.69. The zero-order chi connectivity index (χ0) is 18.8. The molecule has 0 unspecified atom stereocenters. The molecule has 136 valence electrons. The first kappa shape index (κ1) is 18.2. The quantitative estimate of drug-likeness (QED) is 0.783. The first-order chi connectivity index (χ1) is 12.4. The minimum Gasteiger partial charge on any atom is -0.495 e. The fourth-order valence-electron chi connectivity index (χ4n) is 2.93. The standard InChI is InChI=1S/C20H22N2O3S/c1-12(2)11-22-19(23)17(16-6-5-9-26-16)18(20(22)24)21-14-10-13(3)7-8-15(14)25-4/h5-10,12,21H,11H2,1-4H3. The van der Waals surface area contributed by atoms with Gasteiger partial charge in [-0.1, -0.05) is 26.0 Å². The smallest absolute Gasteiger partial charge is 0.278 e. The van der Waals surface area contributed by atoms with Crippen molar-refractivity contribution in [3.8, 4) is 5.75 Å². The largest absolute Gasteiger partial charge is 0.495 e. The molecule has 2 amide bonds. The van der Waals surface area contributed by atoms with Gasteiger partial charge in [0.15, 0.2) is 0 Å². The third-order valence-corrected chi connectivity index (χ3v) is 4.99. The predicted molar refractivity (Wildman–Crippen MR) is 104 cm³/mol. The van der Waals surface area contributed by atoms with Gasteiger partial charge in [-0.2, -0.15) is 0 Å². The van der Waals surface area contributed by atoms with Crippen LogP contribution in [-0.4, -0.2) is 30.4 Å². The average molecular weight is 370 g/mol. The monoisotopic (exact) mass is 370 g/mol. The van der Waals surface area contributed by atoms with E-state index in [-0.39, 0.29) is 17.7 Å². The summed E-state index contributed by atoms with van der Waals surface area (Å²) in [5.41, 5.74) is 2.43. The molecule has 0 radical (unpaired) electrons. The molecule has 1 aromatic heterocycles. The fraction of sp³-hybridized carbons (Fsp3) is 0.300. The number of imide groups is 1. The molecule has 1 aliphatic rings. The highest BCUT2D eigenvalue weighted by Crippen LogP contribution is 2.35. The molecule has 3 rings (SSSR count). The Morgan fingerprint density at radius 2 is 1.96 bits per heavy atom. The number of ether oxygens (including phenoxy) is 1. The number of benzene rings is 1. The van der Waals surface area contributed by atoms with Gasteiger partial charge < -0.3 is 10.1 Å². The molecule has 0 spiro atoms. The number of nitrogens with one attached hydrogen (secondary N) is 1. The van der Waals surface area contributed by atoms with Crippen molar-refractivity contribution in [3.05, 3.63) is 51.8 Å². The van der Waals surface area contributed by atoms with Crippen LogP contribution in [0.2, 0.25) is 0 Å². The first-order valence-corrected chi connectivity index (χ1v) is 9.36. The lowest BCUT2D eigenvalue weighted by atomic mass is 10.1. The van der Waals surface area contributed by atoms with Crippen LogP contribution in [0.3, 0.4) is 0 Å². The Labute approximate surface area is 157 Å². The van der Waals surface area contributed by atoms with Crippen LogP contribution in [0.1, 0.15) is 24.3 Å². The van der Waals surface area contributed by atoms with E-state index in [1.165, 1.54) is 16.2 Å². The second kappa shape index (κ2) is 7.33. The van der Waals surface area contributed by atoms with Crippen LogP contribution in [0.5, 0.6) is 5.75 Å². The summed E-state index contributed by atoms with van der Waals surface area (Å²) in [5.74, 6) is 0.271. The maximum absolute atomic E-state index is 13.0. The van der Waals surface area contributed by atoms with Gasteiger partial charge in [0.2, 0.25) is 0 Å². The zero-order valence-corrected chi connectivity index (χ0v) is 16.1. The Balaban J connectivity index is 2.07. The molecule has 1 N–H and O–H groups in total. The molecule has 5 nitrogen and oxygen atoms in total. The molecule has 6 heteroatoms. The van der Waals surface area contributed by atoms with Crippen molar-refractivity contribution in [1.82, 2.24) is 4.90 Å². The maximum Gasteiger partial charge on any atom is 0.278 e. The first-order valence-electron chi connectivity index (χ1n) is 8.48. The van der Waals surface area contributed by atoms with Crippen LogP contribution in [0.25, 0.3) is 5.57 Å². The lowest BCUT2D eigenvalue weighted by Gasteiger charge is -2.17. The Hall–Kier alpha value is -2.60. The van der Waals surface area contributed by atoms with Gasteiger partial charge in [-0.25, -0.2) is 0 Å². The number of anilines is 1. The molecule has 0 aliphatic carbocycles. The maximum atomic E-state index is 13.0. The van der Waals surface area contributed by atoms with Crippen LogP contribution in [0.15, 0.2) is 41.4 Å². The third-order valence-electron chi connectivity index (χ3n) is 4.10. The van der Waals surface area contributed by atoms with Gasteiger partial charge >= 0.3 is 0 Å². The van der Waals surface area contributed by atoms with Crippen LogP contribution in [0.4, 0.5) is 5.69 Å². The normalized spacial score (nSPS) is 14.6. The Morgan fingerprint density at radius 3 is 2.58 bits per heavy atom. The molecule has 0 saturated heterocycles. The number of nitrogens with zero attached hydrogens (tertiary/aromatic N) is 1. The van der Waals surface area contributed by atoms with E-state index >= 15 is 0 Å². The number of carbonyl (C=O) groups is 2. The van der Waals surface area contributed by atoms with Crippen LogP contribution >= 0.6 is 11.3 Å². The SMILES string of the molecule is COc1ccc(C)cc1NC1=C(c2cccs2)C(=O)N(CC(C)C)C1=O. The van der Waals surface area contributed by atoms with E-state index in [9.17, 15) is 9.59 Å². The van der Waals surface area contributed by atoms with Gasteiger partial charge in [0, 0.05) is 11.4 Å². The Morgan fingerprint density at radius 1 is 1.19 bits per heavy atom. The van der Waals surface area contributed by atoms with E-state index < -0.39 is 0 Å². The molecule has 1 aromatic carbocycles. The minimum atomic E-state index is -0.296. The number of aryl methyl sites for hydroxylation is 1. The van der Waals surface area contributed by atoms with E-state index in [1.807, 2.05) is 56.5 Å². The molecule has 0 saturated carbocycles. The van der Waals surface area contributed by atoms with Crippen LogP contribution < -0.4 is 10.1 Å². The molecule has 2 heterocycles. The van der Waals surface area contributed by atoms with Gasteiger partial charge in [0.05, 0.1) is 18.4 Å². The van der Waals surface area contributed by atoms with Crippen molar-refractivity contribution in [1.29, 1.82) is 0 Å². The number of thiophene rings is 1. The number of hydrogen-bond donors (Lipinski definition) is 1. The molecular weight excluding hydrogens is 348 g/mol. The summed E-state index contributed by atoms with van der Waals surface area (Å²) in [6, 6.07) is 9.42. The summed E-state index contributed by atoms with van der Waals surface area (Å²) in [6.07, 6.45) is 0. The highest BCUT2D eigenvalue weighted by atomic mass is 32.1. The topological polar surface area (TPSA) is 58.6 Å². The summed E-state index contributed by atoms with van der Waals surface area (Å²) >= 11 is 1.45. The van der Waals surface area contributed by atoms with E-state index in [0.717, 1.165) is 10.4 Å². The van der Waals surface area contributed by atoms with E-state index in [4.69, 9.17) is 4.74 Å². The highest BCUT2D eigenvalue weighted by molar-refractivity contribution is 7.11. The number of rotatable bonds is 6. The number of carbonyl (C=O) groups excluding carboxylic acids is 2. The van der Waals surface area contributed by atoms with Crippen molar-refractivity contribution in [2.24, 2.45) is 5.92 Å². The lowest BCUT2D eigenvalue weighted by Crippen LogP contribution is -2.35. The molecule has 1 aliphatic heterocycles. The molecular formula is C20H22N2O3S. The number of methoxy groups -OCH3 is 1. The molecule has 0 fully saturated rings. The van der Waals surface area contributed by atoms with E-state index in [0.29, 0.717) is 29.3 Å². The van der Waals surface area contributed by atoms with Crippen molar-refractivity contribution >= 4 is 34.4 Å². The molecule has 26 heavy (non-hydrogen) atoms. The Bertz CT molecular complexity index is 869. The average Bonchev–Trinajstić information content (AvgIpc) is 3.18.